The fraction of sp³-hybridized carbons (Fsp3) is 0.855. The van der Waals surface area contributed by atoms with Crippen molar-refractivity contribution in [2.45, 2.75) is 292 Å². The molecule has 0 aromatic rings. The van der Waals surface area contributed by atoms with Crippen molar-refractivity contribution in [2.75, 3.05) is 52.7 Å². The second-order valence-corrected chi connectivity index (χ2v) is 22.2. The lowest BCUT2D eigenvalue weighted by atomic mass is 10.1. The summed E-state index contributed by atoms with van der Waals surface area (Å²) < 4.78 is 34.8. The van der Waals surface area contributed by atoms with Gasteiger partial charge in [-0.05, 0) is 114 Å². The van der Waals surface area contributed by atoms with Crippen LogP contribution in [0.15, 0.2) is 0 Å². The molecule has 0 aliphatic rings. The summed E-state index contributed by atoms with van der Waals surface area (Å²) >= 11 is 0. The average Bonchev–Trinajstić information content (AvgIpc) is 3.62. The van der Waals surface area contributed by atoms with Gasteiger partial charge in [0.1, 0.15) is 29.3 Å². The smallest absolute Gasteiger partial charge is 0.408 e. The molecule has 0 heterocycles. The molecular formula is C62H123Cl2N5O19. The Morgan fingerprint density at radius 1 is 0.409 bits per heavy atom. The molecule has 0 radical (unpaired) electrons. The molecule has 0 saturated heterocycles. The van der Waals surface area contributed by atoms with E-state index in [1.807, 2.05) is 0 Å². The number of carboxylic acids is 2. The highest BCUT2D eigenvalue weighted by atomic mass is 35.5. The number of alkyl carbamates (subject to hydrolysis) is 2. The van der Waals surface area contributed by atoms with Crippen molar-refractivity contribution in [3.05, 3.63) is 0 Å². The minimum atomic E-state index is -0.915. The number of aliphatic carboxylic acids is 2. The van der Waals surface area contributed by atoms with E-state index in [0.717, 1.165) is 109 Å². The molecule has 0 bridgehead atoms. The maximum Gasteiger partial charge on any atom is 0.408 e. The van der Waals surface area contributed by atoms with Crippen molar-refractivity contribution in [1.82, 2.24) is 10.6 Å². The number of halogens is 2. The number of rotatable bonds is 44. The van der Waals surface area contributed by atoms with E-state index in [9.17, 15) is 43.2 Å². The summed E-state index contributed by atoms with van der Waals surface area (Å²) in [5.41, 5.74) is 15.0. The second kappa shape index (κ2) is 68.2. The quantitative estimate of drug-likeness (QED) is 0.0160. The molecule has 3 atom stereocenters. The van der Waals surface area contributed by atoms with Gasteiger partial charge in [-0.3, -0.25) is 24.0 Å². The number of carboxylic acid groups (broad SMARTS) is 2. The fourth-order valence-electron chi connectivity index (χ4n) is 7.12. The van der Waals surface area contributed by atoms with E-state index in [0.29, 0.717) is 38.7 Å². The Labute approximate surface area is 540 Å². The lowest BCUT2D eigenvalue weighted by Crippen LogP contribution is -2.45. The van der Waals surface area contributed by atoms with E-state index in [2.05, 4.69) is 24.5 Å². The zero-order valence-electron chi connectivity index (χ0n) is 55.8. The summed E-state index contributed by atoms with van der Waals surface area (Å²) in [6.45, 7) is 21.9. The molecule has 0 aromatic carbocycles. The van der Waals surface area contributed by atoms with Gasteiger partial charge in [-0.25, -0.2) is 19.2 Å². The molecular weight excluding hydrogens is 1190 g/mol. The maximum absolute atomic E-state index is 12.0. The number of unbranched alkanes of at least 4 members (excludes halogenated alkanes) is 18. The van der Waals surface area contributed by atoms with Gasteiger partial charge in [0.05, 0.1) is 33.0 Å². The number of esters is 5. The molecule has 0 spiro atoms. The Morgan fingerprint density at radius 3 is 1.01 bits per heavy atom. The SMILES string of the molecule is CCCCCCCCC(=O)O.CCCCCCCCC(=O)OCC[C@H](NC(=O)OC(C)(C)C)C(=O)OCC.CCOC(=O)[C@@H](N)CCOC(=O)CCCCCCCN.CCOC(=O)[C@H](CCO)NC(=O)OC(C)(C)C.Cl.Cl.NCCCCCCCC(=O)O. The van der Waals surface area contributed by atoms with Crippen LogP contribution < -0.4 is 27.8 Å². The molecule has 26 heteroatoms. The minimum Gasteiger partial charge on any atom is -0.481 e. The number of carbonyl (C=O) groups is 9. The lowest BCUT2D eigenvalue weighted by molar-refractivity contribution is -0.149. The Morgan fingerprint density at radius 2 is 0.705 bits per heavy atom. The van der Waals surface area contributed by atoms with Crippen LogP contribution in [0.3, 0.4) is 0 Å². The molecule has 88 heavy (non-hydrogen) atoms. The first kappa shape index (κ1) is 96.9. The largest absolute Gasteiger partial charge is 0.481 e. The number of nitrogens with two attached hydrogens (primary N) is 3. The predicted molar refractivity (Wildman–Crippen MR) is 346 cm³/mol. The van der Waals surface area contributed by atoms with Crippen molar-refractivity contribution >= 4 is 78.8 Å². The molecule has 0 rings (SSSR count). The zero-order chi connectivity index (χ0) is 66.5. The van der Waals surface area contributed by atoms with Gasteiger partial charge in [-0.1, -0.05) is 117 Å². The number of aliphatic hydroxyl groups is 1. The molecule has 11 N–H and O–H groups in total. The highest BCUT2D eigenvalue weighted by Gasteiger charge is 2.27. The molecule has 0 aliphatic carbocycles. The normalized spacial score (nSPS) is 11.4. The van der Waals surface area contributed by atoms with E-state index < -0.39 is 71.4 Å². The maximum atomic E-state index is 12.0. The number of ether oxygens (including phenoxy) is 7. The first-order chi connectivity index (χ1) is 40.6. The van der Waals surface area contributed by atoms with Crippen molar-refractivity contribution in [3.63, 3.8) is 0 Å². The molecule has 0 aliphatic heterocycles. The lowest BCUT2D eigenvalue weighted by Gasteiger charge is -2.22. The summed E-state index contributed by atoms with van der Waals surface area (Å²) in [5.74, 6) is -3.49. The van der Waals surface area contributed by atoms with E-state index in [1.165, 1.54) is 44.9 Å². The van der Waals surface area contributed by atoms with Crippen LogP contribution in [0.2, 0.25) is 0 Å². The Bertz CT molecular complexity index is 1700. The van der Waals surface area contributed by atoms with Crippen LogP contribution >= 0.6 is 24.8 Å². The first-order valence-electron chi connectivity index (χ1n) is 31.6. The Hall–Kier alpha value is -4.75. The van der Waals surface area contributed by atoms with Crippen LogP contribution in [0.1, 0.15) is 262 Å². The molecule has 0 fully saturated rings. The zero-order valence-corrected chi connectivity index (χ0v) is 57.5. The van der Waals surface area contributed by atoms with Gasteiger partial charge in [0.25, 0.3) is 0 Å². The molecule has 24 nitrogen and oxygen atoms in total. The Balaban J connectivity index is -0.000000193. The second-order valence-electron chi connectivity index (χ2n) is 22.2. The van der Waals surface area contributed by atoms with Gasteiger partial charge in [0.2, 0.25) is 0 Å². The molecule has 0 unspecified atom stereocenters. The monoisotopic (exact) mass is 1310 g/mol. The van der Waals surface area contributed by atoms with Gasteiger partial charge in [0, 0.05) is 51.6 Å². The van der Waals surface area contributed by atoms with Gasteiger partial charge < -0.3 is 76.3 Å². The molecule has 0 aromatic heterocycles. The number of hydrogen-bond acceptors (Lipinski definition) is 20. The highest BCUT2D eigenvalue weighted by molar-refractivity contribution is 5.86. The van der Waals surface area contributed by atoms with E-state index in [1.54, 1.807) is 62.3 Å². The molecule has 2 amide bonds. The predicted octanol–water partition coefficient (Wildman–Crippen LogP) is 11.1. The van der Waals surface area contributed by atoms with Crippen molar-refractivity contribution < 1.29 is 91.6 Å². The molecule has 524 valence electrons. The van der Waals surface area contributed by atoms with Crippen LogP contribution in [0.4, 0.5) is 9.59 Å². The van der Waals surface area contributed by atoms with Crippen LogP contribution in [-0.4, -0.2) is 151 Å². The third-order valence-corrected chi connectivity index (χ3v) is 11.6. The van der Waals surface area contributed by atoms with Crippen molar-refractivity contribution in [3.8, 4) is 0 Å². The summed E-state index contributed by atoms with van der Waals surface area (Å²) in [5, 5.41) is 30.3. The van der Waals surface area contributed by atoms with E-state index in [-0.39, 0.29) is 82.6 Å². The third-order valence-electron chi connectivity index (χ3n) is 11.6. The van der Waals surface area contributed by atoms with Gasteiger partial charge in [-0.15, -0.1) is 24.8 Å². The van der Waals surface area contributed by atoms with Crippen molar-refractivity contribution in [1.29, 1.82) is 0 Å². The van der Waals surface area contributed by atoms with Gasteiger partial charge in [0.15, 0.2) is 0 Å². The van der Waals surface area contributed by atoms with Crippen LogP contribution in [0.5, 0.6) is 0 Å². The molecule has 0 saturated carbocycles. The first-order valence-corrected chi connectivity index (χ1v) is 31.6. The summed E-state index contributed by atoms with van der Waals surface area (Å²) in [4.78, 5) is 101. The number of aliphatic hydroxyl groups excluding tert-OH is 1. The number of amides is 2. The summed E-state index contributed by atoms with van der Waals surface area (Å²) in [6, 6.07) is -2.52. The topological polar surface area (TPSA) is 381 Å². The highest BCUT2D eigenvalue weighted by Crippen LogP contribution is 2.12. The van der Waals surface area contributed by atoms with Crippen LogP contribution in [0, 0.1) is 0 Å². The van der Waals surface area contributed by atoms with Crippen molar-refractivity contribution in [2.24, 2.45) is 17.2 Å². The number of carbonyl (C=O) groups excluding carboxylic acids is 7. The standard InChI is InChI=1S/C20H37NO6.C14H28N2O4.C11H21NO5.C9H18O2.C8H17NO2.2ClH/c1-6-8-9-10-11-12-13-17(22)26-15-14-16(18(23)25-7-2)21-19(24)27-20(3,4)5;1-2-19-14(18)12(16)9-11-20-13(17)8-6-4-3-5-7-10-15;1-5-16-9(14)8(6-7-13)12-10(15)17-11(2,3)4;1-2-3-4-5-6-7-8-9(10)11;9-7-5-3-1-2-4-6-8(10)11;;/h16H,6-15H2,1-5H3,(H,21,24);12H,2-11,15-16H2,1H3;8,13H,5-7H2,1-4H3,(H,12,15);2-8H2,1H3,(H,10,11);1-7,9H2,(H,10,11);2*1H/t16-;12-;8-;;;;/m000..../s1. The Kier molecular flexibility index (Phi) is 75.0. The van der Waals surface area contributed by atoms with Crippen LogP contribution in [0.25, 0.3) is 0 Å². The summed E-state index contributed by atoms with van der Waals surface area (Å²) in [6.07, 6.45) is 24.2. The summed E-state index contributed by atoms with van der Waals surface area (Å²) in [7, 11) is 0. The minimum absolute atomic E-state index is 0. The van der Waals surface area contributed by atoms with E-state index in [4.69, 9.17) is 65.7 Å². The fourth-order valence-corrected chi connectivity index (χ4v) is 7.12. The number of hydrogen-bond donors (Lipinski definition) is 8. The average molecular weight is 1310 g/mol. The van der Waals surface area contributed by atoms with Gasteiger partial charge in [-0.2, -0.15) is 0 Å². The van der Waals surface area contributed by atoms with Gasteiger partial charge >= 0.3 is 54.0 Å². The van der Waals surface area contributed by atoms with E-state index >= 15 is 0 Å². The third kappa shape index (κ3) is 79.3. The van der Waals surface area contributed by atoms with Crippen LogP contribution in [-0.2, 0) is 66.7 Å². The number of nitrogens with one attached hydrogen (secondary N) is 2.